The highest BCUT2D eigenvalue weighted by Gasteiger charge is 2.41. The third-order valence-corrected chi connectivity index (χ3v) is 3.59. The van der Waals surface area contributed by atoms with Gasteiger partial charge in [0.05, 0.1) is 11.3 Å². The Labute approximate surface area is 106 Å². The van der Waals surface area contributed by atoms with Gasteiger partial charge in [0.15, 0.2) is 0 Å². The minimum absolute atomic E-state index is 0.225. The van der Waals surface area contributed by atoms with Gasteiger partial charge < -0.3 is 10.4 Å². The first-order chi connectivity index (χ1) is 8.19. The van der Waals surface area contributed by atoms with E-state index in [1.807, 2.05) is 0 Å². The van der Waals surface area contributed by atoms with Crippen molar-refractivity contribution in [3.05, 3.63) is 28.8 Å². The van der Waals surface area contributed by atoms with Gasteiger partial charge in [-0.15, -0.1) is 0 Å². The number of nitrogens with zero attached hydrogens (tertiary/aromatic N) is 1. The number of anilines is 1. The van der Waals surface area contributed by atoms with E-state index < -0.39 is 0 Å². The van der Waals surface area contributed by atoms with E-state index in [1.54, 1.807) is 18.2 Å². The van der Waals surface area contributed by atoms with Gasteiger partial charge >= 0.3 is 0 Å². The van der Waals surface area contributed by atoms with Crippen LogP contribution in [0.1, 0.15) is 24.8 Å². The molecule has 1 saturated carbocycles. The van der Waals surface area contributed by atoms with Crippen molar-refractivity contribution in [3.63, 3.8) is 0 Å². The van der Waals surface area contributed by atoms with Crippen molar-refractivity contribution in [2.45, 2.75) is 19.3 Å². The average molecular weight is 251 g/mol. The Morgan fingerprint density at radius 1 is 1.47 bits per heavy atom. The summed E-state index contributed by atoms with van der Waals surface area (Å²) in [6, 6.07) is 7.35. The fraction of sp³-hybridized carbons (Fsp3) is 0.462. The zero-order valence-electron chi connectivity index (χ0n) is 9.54. The molecular formula is C13H15ClN2O. The lowest BCUT2D eigenvalue weighted by molar-refractivity contribution is 0.253. The Morgan fingerprint density at radius 3 is 2.82 bits per heavy atom. The Bertz CT molecular complexity index is 449. The van der Waals surface area contributed by atoms with E-state index in [9.17, 15) is 0 Å². The van der Waals surface area contributed by atoms with Crippen LogP contribution in [0.3, 0.4) is 0 Å². The Morgan fingerprint density at radius 2 is 2.24 bits per heavy atom. The first kappa shape index (κ1) is 12.2. The van der Waals surface area contributed by atoms with Gasteiger partial charge in [-0.1, -0.05) is 11.6 Å². The summed E-state index contributed by atoms with van der Waals surface area (Å²) in [5.41, 5.74) is 1.61. The highest BCUT2D eigenvalue weighted by Crippen LogP contribution is 2.48. The number of aliphatic hydroxyl groups excluding tert-OH is 1. The molecule has 2 N–H and O–H groups in total. The van der Waals surface area contributed by atoms with Crippen LogP contribution in [0.4, 0.5) is 5.69 Å². The summed E-state index contributed by atoms with van der Waals surface area (Å²) in [5, 5.41) is 21.9. The van der Waals surface area contributed by atoms with Crippen molar-refractivity contribution in [1.29, 1.82) is 5.26 Å². The number of nitriles is 1. The lowest BCUT2D eigenvalue weighted by Gasteiger charge is -2.16. The normalized spacial score (nSPS) is 16.3. The lowest BCUT2D eigenvalue weighted by atomic mass is 10.0. The second-order valence-electron chi connectivity index (χ2n) is 4.63. The molecule has 0 aromatic heterocycles. The predicted molar refractivity (Wildman–Crippen MR) is 68.0 cm³/mol. The molecule has 1 aliphatic carbocycles. The molecule has 3 nitrogen and oxygen atoms in total. The van der Waals surface area contributed by atoms with Crippen molar-refractivity contribution < 1.29 is 5.11 Å². The van der Waals surface area contributed by atoms with E-state index >= 15 is 0 Å². The summed E-state index contributed by atoms with van der Waals surface area (Å²) in [7, 11) is 0. The van der Waals surface area contributed by atoms with Gasteiger partial charge in [0.1, 0.15) is 6.07 Å². The van der Waals surface area contributed by atoms with Gasteiger partial charge in [-0.25, -0.2) is 0 Å². The van der Waals surface area contributed by atoms with Gasteiger partial charge in [0, 0.05) is 18.2 Å². The smallest absolute Gasteiger partial charge is 0.101 e. The Kier molecular flexibility index (Phi) is 3.56. The van der Waals surface area contributed by atoms with Crippen LogP contribution in [-0.2, 0) is 0 Å². The molecule has 0 bridgehead atoms. The summed E-state index contributed by atoms with van der Waals surface area (Å²) in [6.07, 6.45) is 3.11. The van der Waals surface area contributed by atoms with Crippen molar-refractivity contribution in [2.24, 2.45) is 5.41 Å². The lowest BCUT2D eigenvalue weighted by Crippen LogP contribution is -2.17. The van der Waals surface area contributed by atoms with Crippen LogP contribution in [0.5, 0.6) is 0 Å². The number of rotatable bonds is 5. The van der Waals surface area contributed by atoms with Crippen molar-refractivity contribution in [1.82, 2.24) is 0 Å². The molecule has 1 aromatic carbocycles. The van der Waals surface area contributed by atoms with Gasteiger partial charge in [-0.2, -0.15) is 5.26 Å². The van der Waals surface area contributed by atoms with Crippen LogP contribution < -0.4 is 5.32 Å². The summed E-state index contributed by atoms with van der Waals surface area (Å²) in [4.78, 5) is 0. The van der Waals surface area contributed by atoms with Crippen molar-refractivity contribution in [3.8, 4) is 6.07 Å². The molecule has 0 unspecified atom stereocenters. The molecule has 0 radical (unpaired) electrons. The standard InChI is InChI=1S/C13H15ClN2O/c14-11-2-1-10(8-15)12(7-11)16-9-13(3-4-13)5-6-17/h1-2,7,16-17H,3-6,9H2. The Balaban J connectivity index is 2.04. The van der Waals surface area contributed by atoms with Gasteiger partial charge in [0.25, 0.3) is 0 Å². The summed E-state index contributed by atoms with van der Waals surface area (Å²) in [6.45, 7) is 1.02. The van der Waals surface area contributed by atoms with Gasteiger partial charge in [0.2, 0.25) is 0 Å². The molecule has 1 aromatic rings. The molecule has 0 atom stereocenters. The first-order valence-electron chi connectivity index (χ1n) is 5.73. The number of halogens is 1. The second kappa shape index (κ2) is 4.95. The van der Waals surface area contributed by atoms with Crippen molar-refractivity contribution >= 4 is 17.3 Å². The molecule has 0 aliphatic heterocycles. The summed E-state index contributed by atoms with van der Waals surface area (Å²) >= 11 is 5.91. The number of benzene rings is 1. The summed E-state index contributed by atoms with van der Waals surface area (Å²) < 4.78 is 0. The zero-order valence-corrected chi connectivity index (χ0v) is 10.3. The maximum atomic E-state index is 8.98. The molecule has 17 heavy (non-hydrogen) atoms. The van der Waals surface area contributed by atoms with Gasteiger partial charge in [-0.3, -0.25) is 0 Å². The molecule has 0 saturated heterocycles. The van der Waals surface area contributed by atoms with E-state index in [1.165, 1.54) is 0 Å². The van der Waals surface area contributed by atoms with Crippen LogP contribution in [0.15, 0.2) is 18.2 Å². The summed E-state index contributed by atoms with van der Waals surface area (Å²) in [5.74, 6) is 0. The van der Waals surface area contributed by atoms with Crippen LogP contribution in [-0.4, -0.2) is 18.3 Å². The maximum Gasteiger partial charge on any atom is 0.101 e. The molecule has 1 fully saturated rings. The third kappa shape index (κ3) is 2.91. The number of nitrogens with one attached hydrogen (secondary N) is 1. The molecule has 0 spiro atoms. The number of hydrogen-bond donors (Lipinski definition) is 2. The fourth-order valence-electron chi connectivity index (χ4n) is 1.97. The van der Waals surface area contributed by atoms with Crippen molar-refractivity contribution in [2.75, 3.05) is 18.5 Å². The largest absolute Gasteiger partial charge is 0.396 e. The molecule has 0 heterocycles. The predicted octanol–water partition coefficient (Wildman–Crippen LogP) is 2.79. The minimum Gasteiger partial charge on any atom is -0.396 e. The van der Waals surface area contributed by atoms with Gasteiger partial charge in [-0.05, 0) is 42.9 Å². The monoisotopic (exact) mass is 250 g/mol. The number of aliphatic hydroxyl groups is 1. The van der Waals surface area contributed by atoms with Crippen LogP contribution in [0, 0.1) is 16.7 Å². The average Bonchev–Trinajstić information content (AvgIpc) is 3.08. The fourth-order valence-corrected chi connectivity index (χ4v) is 2.14. The topological polar surface area (TPSA) is 56.0 Å². The van der Waals surface area contributed by atoms with E-state index in [4.69, 9.17) is 22.0 Å². The van der Waals surface area contributed by atoms with Crippen LogP contribution in [0.2, 0.25) is 5.02 Å². The SMILES string of the molecule is N#Cc1ccc(Cl)cc1NCC1(CCO)CC1. The zero-order chi connectivity index (χ0) is 12.3. The van der Waals surface area contributed by atoms with Crippen LogP contribution in [0.25, 0.3) is 0 Å². The quantitative estimate of drug-likeness (QED) is 0.845. The Hall–Kier alpha value is -1.24. The minimum atomic E-state index is 0.225. The maximum absolute atomic E-state index is 8.98. The molecule has 4 heteroatoms. The molecule has 1 aliphatic rings. The molecule has 2 rings (SSSR count). The van der Waals surface area contributed by atoms with E-state index in [2.05, 4.69) is 11.4 Å². The number of hydrogen-bond acceptors (Lipinski definition) is 3. The molecule has 90 valence electrons. The van der Waals surface area contributed by atoms with E-state index in [0.717, 1.165) is 31.5 Å². The van der Waals surface area contributed by atoms with Crippen LogP contribution >= 0.6 is 11.6 Å². The van der Waals surface area contributed by atoms with E-state index in [0.29, 0.717) is 10.6 Å². The molecule has 0 amide bonds. The van der Waals surface area contributed by atoms with E-state index in [-0.39, 0.29) is 12.0 Å². The second-order valence-corrected chi connectivity index (χ2v) is 5.07. The highest BCUT2D eigenvalue weighted by atomic mass is 35.5. The third-order valence-electron chi connectivity index (χ3n) is 3.36. The molecular weight excluding hydrogens is 236 g/mol. The highest BCUT2D eigenvalue weighted by molar-refractivity contribution is 6.30. The first-order valence-corrected chi connectivity index (χ1v) is 6.11.